The van der Waals surface area contributed by atoms with Crippen LogP contribution in [0.2, 0.25) is 0 Å². The monoisotopic (exact) mass is 262 g/mol. The Labute approximate surface area is 111 Å². The molecule has 0 aliphatic rings. The van der Waals surface area contributed by atoms with Crippen molar-refractivity contribution in [2.45, 2.75) is 39.4 Å². The van der Waals surface area contributed by atoms with Crippen molar-refractivity contribution in [3.8, 4) is 6.07 Å². The Bertz CT molecular complexity index is 548. The molecule has 0 bridgehead atoms. The molecule has 96 valence electrons. The third-order valence-electron chi connectivity index (χ3n) is 2.37. The van der Waals surface area contributed by atoms with Crippen molar-refractivity contribution in [3.63, 3.8) is 0 Å². The van der Waals surface area contributed by atoms with E-state index in [1.807, 2.05) is 46.8 Å². The first-order valence-electron chi connectivity index (χ1n) is 5.73. The maximum Gasteiger partial charge on any atom is 0.145 e. The number of hydrogen-bond donors (Lipinski definition) is 0. The highest BCUT2D eigenvalue weighted by Gasteiger charge is 2.19. The van der Waals surface area contributed by atoms with Crippen LogP contribution in [0, 0.1) is 18.3 Å². The van der Waals surface area contributed by atoms with Gasteiger partial charge in [-0.2, -0.15) is 9.66 Å². The normalized spacial score (nSPS) is 14.1. The summed E-state index contributed by atoms with van der Waals surface area (Å²) in [4.78, 5) is 0. The van der Waals surface area contributed by atoms with Gasteiger partial charge in [0.25, 0.3) is 0 Å². The van der Waals surface area contributed by atoms with Crippen LogP contribution < -0.4 is 0 Å². The topological polar surface area (TPSA) is 53.2 Å². The van der Waals surface area contributed by atoms with E-state index in [1.165, 1.54) is 0 Å². The molecule has 1 atom stereocenters. The van der Waals surface area contributed by atoms with Crippen molar-refractivity contribution in [2.75, 3.05) is 0 Å². The summed E-state index contributed by atoms with van der Waals surface area (Å²) in [5.74, 6) is 0. The standard InChI is InChI=1S/C14H18N2OS/c1-10-6-12(9-15)8-13(7-10)11(2)16-18(17)14(3,4)5/h6-8H,1-5H3/b16-11+/t18-/m1/s1. The summed E-state index contributed by atoms with van der Waals surface area (Å²) in [6.45, 7) is 9.41. The molecule has 1 aromatic rings. The minimum absolute atomic E-state index is 0.372. The van der Waals surface area contributed by atoms with E-state index in [9.17, 15) is 4.21 Å². The molecule has 0 radical (unpaired) electrons. The molecular weight excluding hydrogens is 244 g/mol. The highest BCUT2D eigenvalue weighted by molar-refractivity contribution is 7.85. The Kier molecular flexibility index (Phi) is 4.42. The van der Waals surface area contributed by atoms with E-state index in [2.05, 4.69) is 10.5 Å². The zero-order valence-electron chi connectivity index (χ0n) is 11.4. The number of hydrogen-bond acceptors (Lipinski definition) is 2. The number of benzene rings is 1. The quantitative estimate of drug-likeness (QED) is 0.769. The Morgan fingerprint density at radius 3 is 2.44 bits per heavy atom. The smallest absolute Gasteiger partial charge is 0.145 e. The fourth-order valence-electron chi connectivity index (χ4n) is 1.37. The van der Waals surface area contributed by atoms with E-state index in [0.717, 1.165) is 11.1 Å². The number of nitrogens with zero attached hydrogens (tertiary/aromatic N) is 2. The van der Waals surface area contributed by atoms with Gasteiger partial charge in [-0.3, -0.25) is 0 Å². The van der Waals surface area contributed by atoms with Crippen molar-refractivity contribution in [1.82, 2.24) is 0 Å². The third kappa shape index (κ3) is 3.78. The van der Waals surface area contributed by atoms with Gasteiger partial charge in [0.2, 0.25) is 0 Å². The summed E-state index contributed by atoms with van der Waals surface area (Å²) in [5.41, 5.74) is 3.15. The van der Waals surface area contributed by atoms with Crippen LogP contribution in [0.4, 0.5) is 0 Å². The lowest BCUT2D eigenvalue weighted by Crippen LogP contribution is -2.20. The highest BCUT2D eigenvalue weighted by atomic mass is 32.2. The summed E-state index contributed by atoms with van der Waals surface area (Å²) >= 11 is 0. The van der Waals surface area contributed by atoms with Crippen molar-refractivity contribution in [3.05, 3.63) is 34.9 Å². The van der Waals surface area contributed by atoms with E-state index in [0.29, 0.717) is 11.3 Å². The van der Waals surface area contributed by atoms with Gasteiger partial charge < -0.3 is 0 Å². The second-order valence-electron chi connectivity index (χ2n) is 5.24. The molecule has 0 unspecified atom stereocenters. The first-order valence-corrected chi connectivity index (χ1v) is 6.84. The Morgan fingerprint density at radius 2 is 1.94 bits per heavy atom. The molecule has 0 amide bonds. The summed E-state index contributed by atoms with van der Waals surface area (Å²) in [7, 11) is -1.28. The van der Waals surface area contributed by atoms with Gasteiger partial charge in [-0.15, -0.1) is 0 Å². The maximum absolute atomic E-state index is 11.9. The molecule has 0 saturated carbocycles. The first kappa shape index (κ1) is 14.6. The molecule has 1 rings (SSSR count). The predicted molar refractivity (Wildman–Crippen MR) is 76.0 cm³/mol. The average molecular weight is 262 g/mol. The van der Waals surface area contributed by atoms with Gasteiger partial charge in [-0.25, -0.2) is 4.21 Å². The van der Waals surface area contributed by atoms with Gasteiger partial charge in [0.15, 0.2) is 0 Å². The zero-order chi connectivity index (χ0) is 13.9. The minimum atomic E-state index is -1.28. The molecule has 0 heterocycles. The SMILES string of the molecule is C/C(=N\[S@](=O)C(C)(C)C)c1cc(C)cc(C#N)c1. The first-order chi connectivity index (χ1) is 8.24. The Hall–Kier alpha value is -1.47. The summed E-state index contributed by atoms with van der Waals surface area (Å²) in [5, 5.41) is 8.93. The molecule has 1 aromatic carbocycles. The molecular formula is C14H18N2OS. The van der Waals surface area contributed by atoms with Crippen LogP contribution in [0.5, 0.6) is 0 Å². The third-order valence-corrected chi connectivity index (χ3v) is 3.86. The van der Waals surface area contributed by atoms with Crippen LogP contribution in [-0.2, 0) is 11.0 Å². The van der Waals surface area contributed by atoms with Gasteiger partial charge in [0.05, 0.1) is 22.1 Å². The van der Waals surface area contributed by atoms with Gasteiger partial charge in [-0.1, -0.05) is 6.07 Å². The van der Waals surface area contributed by atoms with Crippen LogP contribution in [0.1, 0.15) is 44.4 Å². The van der Waals surface area contributed by atoms with Crippen molar-refractivity contribution < 1.29 is 4.21 Å². The largest absolute Gasteiger partial charge is 0.234 e. The highest BCUT2D eigenvalue weighted by Crippen LogP contribution is 2.15. The average Bonchev–Trinajstić information content (AvgIpc) is 2.26. The van der Waals surface area contributed by atoms with Crippen LogP contribution in [0.3, 0.4) is 0 Å². The number of aryl methyl sites for hydroxylation is 1. The zero-order valence-corrected chi connectivity index (χ0v) is 12.3. The number of rotatable bonds is 2. The van der Waals surface area contributed by atoms with Crippen molar-refractivity contribution in [2.24, 2.45) is 4.40 Å². The lowest BCUT2D eigenvalue weighted by molar-refractivity contribution is 0.650. The lowest BCUT2D eigenvalue weighted by atomic mass is 10.0. The molecule has 0 aliphatic carbocycles. The van der Waals surface area contributed by atoms with Crippen molar-refractivity contribution in [1.29, 1.82) is 5.26 Å². The second-order valence-corrected chi connectivity index (χ2v) is 7.14. The van der Waals surface area contributed by atoms with Gasteiger partial charge in [0.1, 0.15) is 11.0 Å². The minimum Gasteiger partial charge on any atom is -0.234 e. The molecule has 0 spiro atoms. The van der Waals surface area contributed by atoms with Gasteiger partial charge >= 0.3 is 0 Å². The fourth-order valence-corrected chi connectivity index (χ4v) is 2.00. The van der Waals surface area contributed by atoms with Crippen LogP contribution in [0.15, 0.2) is 22.6 Å². The predicted octanol–water partition coefficient (Wildman–Crippen LogP) is 3.14. The molecule has 4 heteroatoms. The van der Waals surface area contributed by atoms with Crippen LogP contribution in [0.25, 0.3) is 0 Å². The van der Waals surface area contributed by atoms with E-state index in [4.69, 9.17) is 5.26 Å². The molecule has 0 N–H and O–H groups in total. The Balaban J connectivity index is 3.16. The summed E-state index contributed by atoms with van der Waals surface area (Å²) in [6, 6.07) is 7.65. The molecule has 0 aliphatic heterocycles. The second kappa shape index (κ2) is 5.45. The van der Waals surface area contributed by atoms with E-state index < -0.39 is 11.0 Å². The van der Waals surface area contributed by atoms with E-state index >= 15 is 0 Å². The summed E-state index contributed by atoms with van der Waals surface area (Å²) < 4.78 is 15.8. The van der Waals surface area contributed by atoms with Gasteiger partial charge in [0, 0.05) is 0 Å². The maximum atomic E-state index is 11.9. The van der Waals surface area contributed by atoms with Crippen LogP contribution in [-0.4, -0.2) is 14.7 Å². The Morgan fingerprint density at radius 1 is 1.33 bits per heavy atom. The van der Waals surface area contributed by atoms with Gasteiger partial charge in [-0.05, 0) is 57.9 Å². The van der Waals surface area contributed by atoms with Crippen molar-refractivity contribution >= 4 is 16.7 Å². The summed E-state index contributed by atoms with van der Waals surface area (Å²) in [6.07, 6.45) is 0. The van der Waals surface area contributed by atoms with E-state index in [1.54, 1.807) is 6.07 Å². The number of nitriles is 1. The molecule has 3 nitrogen and oxygen atoms in total. The molecule has 18 heavy (non-hydrogen) atoms. The lowest BCUT2D eigenvalue weighted by Gasteiger charge is -2.14. The molecule has 0 aromatic heterocycles. The van der Waals surface area contributed by atoms with E-state index in [-0.39, 0.29) is 4.75 Å². The molecule has 0 fully saturated rings. The molecule has 0 saturated heterocycles. The fraction of sp³-hybridized carbons (Fsp3) is 0.429. The van der Waals surface area contributed by atoms with Crippen LogP contribution >= 0.6 is 0 Å².